The summed E-state index contributed by atoms with van der Waals surface area (Å²) in [6.45, 7) is 3.83. The SMILES string of the molecule is CCO[C@H]1CCCN(C(=O)c2cc3ccccc3[nH]c2=O)C1. The lowest BCUT2D eigenvalue weighted by Gasteiger charge is -2.32. The fraction of sp³-hybridized carbons (Fsp3) is 0.412. The van der Waals surface area contributed by atoms with Crippen molar-refractivity contribution in [1.82, 2.24) is 9.88 Å². The number of carbonyl (C=O) groups is 1. The van der Waals surface area contributed by atoms with Crippen molar-refractivity contribution < 1.29 is 9.53 Å². The van der Waals surface area contributed by atoms with E-state index in [9.17, 15) is 9.59 Å². The Hall–Kier alpha value is -2.14. The zero-order valence-electron chi connectivity index (χ0n) is 12.7. The van der Waals surface area contributed by atoms with E-state index in [0.29, 0.717) is 19.7 Å². The Bertz CT molecular complexity index is 736. The summed E-state index contributed by atoms with van der Waals surface area (Å²) in [4.78, 5) is 29.4. The number of likely N-dealkylation sites (tertiary alicyclic amines) is 1. The maximum Gasteiger partial charge on any atom is 0.261 e. The fourth-order valence-corrected chi connectivity index (χ4v) is 2.97. The van der Waals surface area contributed by atoms with Crippen LogP contribution >= 0.6 is 0 Å². The molecule has 1 N–H and O–H groups in total. The van der Waals surface area contributed by atoms with Crippen LogP contribution in [0.25, 0.3) is 10.9 Å². The van der Waals surface area contributed by atoms with Crippen molar-refractivity contribution in [3.8, 4) is 0 Å². The molecule has 116 valence electrons. The number of piperidine rings is 1. The second kappa shape index (κ2) is 6.32. The zero-order valence-corrected chi connectivity index (χ0v) is 12.7. The number of para-hydroxylation sites is 1. The van der Waals surface area contributed by atoms with Crippen LogP contribution < -0.4 is 5.56 Å². The van der Waals surface area contributed by atoms with Gasteiger partial charge in [0.05, 0.1) is 6.10 Å². The van der Waals surface area contributed by atoms with Gasteiger partial charge in [-0.15, -0.1) is 0 Å². The van der Waals surface area contributed by atoms with Crippen LogP contribution in [0, 0.1) is 0 Å². The molecule has 2 aromatic rings. The van der Waals surface area contributed by atoms with Gasteiger partial charge in [0.25, 0.3) is 11.5 Å². The van der Waals surface area contributed by atoms with Gasteiger partial charge in [-0.25, -0.2) is 0 Å². The van der Waals surface area contributed by atoms with E-state index in [1.54, 1.807) is 11.0 Å². The molecule has 0 radical (unpaired) electrons. The number of ether oxygens (including phenoxy) is 1. The molecule has 1 aliphatic heterocycles. The Balaban J connectivity index is 1.88. The van der Waals surface area contributed by atoms with Gasteiger partial charge < -0.3 is 14.6 Å². The van der Waals surface area contributed by atoms with E-state index in [1.807, 2.05) is 31.2 Å². The standard InChI is InChI=1S/C17H20N2O3/c1-2-22-13-7-5-9-19(11-13)17(21)14-10-12-6-3-4-8-15(12)18-16(14)20/h3-4,6,8,10,13H,2,5,7,9,11H2,1H3,(H,18,20)/t13-/m0/s1. The van der Waals surface area contributed by atoms with Crippen molar-refractivity contribution in [2.24, 2.45) is 0 Å². The number of aromatic amines is 1. The molecular weight excluding hydrogens is 280 g/mol. The number of pyridine rings is 1. The molecule has 0 unspecified atom stereocenters. The van der Waals surface area contributed by atoms with Crippen LogP contribution in [0.5, 0.6) is 0 Å². The van der Waals surface area contributed by atoms with Gasteiger partial charge in [-0.2, -0.15) is 0 Å². The Morgan fingerprint density at radius 2 is 2.23 bits per heavy atom. The van der Waals surface area contributed by atoms with Gasteiger partial charge in [0.15, 0.2) is 0 Å². The van der Waals surface area contributed by atoms with Crippen LogP contribution in [-0.4, -0.2) is 41.6 Å². The van der Waals surface area contributed by atoms with Crippen molar-refractivity contribution in [1.29, 1.82) is 0 Å². The lowest BCUT2D eigenvalue weighted by molar-refractivity contribution is 0.00718. The zero-order chi connectivity index (χ0) is 15.5. The number of carbonyl (C=O) groups excluding carboxylic acids is 1. The molecule has 5 nitrogen and oxygen atoms in total. The highest BCUT2D eigenvalue weighted by molar-refractivity contribution is 5.97. The molecular formula is C17H20N2O3. The highest BCUT2D eigenvalue weighted by Gasteiger charge is 2.26. The minimum absolute atomic E-state index is 0.0715. The van der Waals surface area contributed by atoms with Gasteiger partial charge in [-0.1, -0.05) is 18.2 Å². The first-order valence-corrected chi connectivity index (χ1v) is 7.72. The third-order valence-corrected chi connectivity index (χ3v) is 4.05. The van der Waals surface area contributed by atoms with E-state index in [0.717, 1.165) is 23.7 Å². The molecule has 0 spiro atoms. The van der Waals surface area contributed by atoms with E-state index in [2.05, 4.69) is 4.98 Å². The first kappa shape index (κ1) is 14.8. The summed E-state index contributed by atoms with van der Waals surface area (Å²) in [6, 6.07) is 9.15. The summed E-state index contributed by atoms with van der Waals surface area (Å²) < 4.78 is 5.62. The Labute approximate surface area is 128 Å². The van der Waals surface area contributed by atoms with Gasteiger partial charge in [-0.3, -0.25) is 9.59 Å². The van der Waals surface area contributed by atoms with Gasteiger partial charge in [0.2, 0.25) is 0 Å². The van der Waals surface area contributed by atoms with Gasteiger partial charge >= 0.3 is 0 Å². The lowest BCUT2D eigenvalue weighted by Crippen LogP contribution is -2.44. The quantitative estimate of drug-likeness (QED) is 0.945. The molecule has 1 saturated heterocycles. The molecule has 0 aliphatic carbocycles. The third kappa shape index (κ3) is 2.90. The number of rotatable bonds is 3. The van der Waals surface area contributed by atoms with E-state index >= 15 is 0 Å². The molecule has 22 heavy (non-hydrogen) atoms. The van der Waals surface area contributed by atoms with Gasteiger partial charge in [0.1, 0.15) is 5.56 Å². The Kier molecular flexibility index (Phi) is 4.24. The molecule has 2 heterocycles. The van der Waals surface area contributed by atoms with Crippen LogP contribution in [-0.2, 0) is 4.74 Å². The molecule has 1 aliphatic rings. The van der Waals surface area contributed by atoms with Crippen LogP contribution in [0.2, 0.25) is 0 Å². The second-order valence-electron chi connectivity index (χ2n) is 5.57. The monoisotopic (exact) mass is 300 g/mol. The number of hydrogen-bond donors (Lipinski definition) is 1. The minimum atomic E-state index is -0.331. The van der Waals surface area contributed by atoms with E-state index in [4.69, 9.17) is 4.74 Å². The smallest absolute Gasteiger partial charge is 0.261 e. The number of nitrogens with one attached hydrogen (secondary N) is 1. The summed E-state index contributed by atoms with van der Waals surface area (Å²) in [5.74, 6) is -0.212. The molecule has 1 aromatic heterocycles. The van der Waals surface area contributed by atoms with E-state index in [1.165, 1.54) is 0 Å². The van der Waals surface area contributed by atoms with Gasteiger partial charge in [0, 0.05) is 25.2 Å². The topological polar surface area (TPSA) is 62.4 Å². The number of benzene rings is 1. The molecule has 1 aromatic carbocycles. The van der Waals surface area contributed by atoms with Crippen molar-refractivity contribution in [3.05, 3.63) is 46.2 Å². The number of hydrogen-bond acceptors (Lipinski definition) is 3. The second-order valence-corrected chi connectivity index (χ2v) is 5.57. The molecule has 3 rings (SSSR count). The van der Waals surface area contributed by atoms with Crippen LogP contribution in [0.4, 0.5) is 0 Å². The predicted molar refractivity (Wildman–Crippen MR) is 85.1 cm³/mol. The number of fused-ring (bicyclic) bond motifs is 1. The van der Waals surface area contributed by atoms with Crippen molar-refractivity contribution in [3.63, 3.8) is 0 Å². The maximum absolute atomic E-state index is 12.7. The summed E-state index contributed by atoms with van der Waals surface area (Å²) >= 11 is 0. The largest absolute Gasteiger partial charge is 0.377 e. The minimum Gasteiger partial charge on any atom is -0.377 e. The van der Waals surface area contributed by atoms with Crippen molar-refractivity contribution >= 4 is 16.8 Å². The summed E-state index contributed by atoms with van der Waals surface area (Å²) in [6.07, 6.45) is 1.94. The molecule has 1 amide bonds. The normalized spacial score (nSPS) is 18.6. The van der Waals surface area contributed by atoms with Crippen molar-refractivity contribution in [2.75, 3.05) is 19.7 Å². The summed E-state index contributed by atoms with van der Waals surface area (Å²) in [5.41, 5.74) is 0.618. The van der Waals surface area contributed by atoms with E-state index in [-0.39, 0.29) is 23.1 Å². The molecule has 0 saturated carbocycles. The highest BCUT2D eigenvalue weighted by atomic mass is 16.5. The lowest BCUT2D eigenvalue weighted by atomic mass is 10.1. The number of H-pyrrole nitrogens is 1. The average molecular weight is 300 g/mol. The highest BCUT2D eigenvalue weighted by Crippen LogP contribution is 2.17. The number of amides is 1. The van der Waals surface area contributed by atoms with Crippen LogP contribution in [0.15, 0.2) is 35.1 Å². The maximum atomic E-state index is 12.7. The first-order chi connectivity index (χ1) is 10.7. The van der Waals surface area contributed by atoms with E-state index < -0.39 is 0 Å². The first-order valence-electron chi connectivity index (χ1n) is 7.72. The number of aromatic nitrogens is 1. The Morgan fingerprint density at radius 1 is 1.41 bits per heavy atom. The van der Waals surface area contributed by atoms with Crippen molar-refractivity contribution in [2.45, 2.75) is 25.9 Å². The molecule has 0 bridgehead atoms. The Morgan fingerprint density at radius 3 is 3.05 bits per heavy atom. The van der Waals surface area contributed by atoms with Crippen LogP contribution in [0.3, 0.4) is 0 Å². The molecule has 1 atom stereocenters. The predicted octanol–water partition coefficient (Wildman–Crippen LogP) is 2.17. The average Bonchev–Trinajstić information content (AvgIpc) is 2.54. The number of nitrogens with zero attached hydrogens (tertiary/aromatic N) is 1. The fourth-order valence-electron chi connectivity index (χ4n) is 2.97. The van der Waals surface area contributed by atoms with Crippen LogP contribution in [0.1, 0.15) is 30.1 Å². The third-order valence-electron chi connectivity index (χ3n) is 4.05. The molecule has 1 fully saturated rings. The molecule has 5 heteroatoms. The summed E-state index contributed by atoms with van der Waals surface area (Å²) in [7, 11) is 0. The summed E-state index contributed by atoms with van der Waals surface area (Å²) in [5, 5.41) is 0.865. The van der Waals surface area contributed by atoms with Gasteiger partial charge in [-0.05, 0) is 37.3 Å².